The zero-order valence-corrected chi connectivity index (χ0v) is 21.9. The summed E-state index contributed by atoms with van der Waals surface area (Å²) >= 11 is 0. The van der Waals surface area contributed by atoms with Crippen LogP contribution in [0, 0.1) is 38.9 Å². The van der Waals surface area contributed by atoms with E-state index in [1.807, 2.05) is 9.36 Å². The molecule has 180 valence electrons. The van der Waals surface area contributed by atoms with E-state index in [9.17, 15) is 9.59 Å². The van der Waals surface area contributed by atoms with E-state index in [0.29, 0.717) is 5.92 Å². The molecule has 0 saturated heterocycles. The Kier molecular flexibility index (Phi) is 3.76. The molecular formula is C28H41N3O2. The van der Waals surface area contributed by atoms with E-state index in [0.717, 1.165) is 12.8 Å². The lowest BCUT2D eigenvalue weighted by Crippen LogP contribution is -2.64. The molecule has 0 amide bonds. The number of allylic oxidation sites excluding steroid dienone is 4. The molecule has 2 aliphatic heterocycles. The highest BCUT2D eigenvalue weighted by atomic mass is 16.2. The third-order valence-corrected chi connectivity index (χ3v) is 11.4. The lowest BCUT2D eigenvalue weighted by atomic mass is 9.41. The Morgan fingerprint density at radius 1 is 0.939 bits per heavy atom. The van der Waals surface area contributed by atoms with Gasteiger partial charge in [0.05, 0.1) is 12.1 Å². The summed E-state index contributed by atoms with van der Waals surface area (Å²) in [6.45, 7) is 20.7. The number of aromatic nitrogens is 3. The molecule has 5 nitrogen and oxygen atoms in total. The van der Waals surface area contributed by atoms with Gasteiger partial charge in [-0.1, -0.05) is 86.1 Å². The van der Waals surface area contributed by atoms with Crippen molar-refractivity contribution in [2.45, 2.75) is 99.7 Å². The normalized spacial score (nSPS) is 42.2. The minimum atomic E-state index is -0.144. The summed E-state index contributed by atoms with van der Waals surface area (Å²) in [5.74, 6) is 0.842. The van der Waals surface area contributed by atoms with Gasteiger partial charge in [-0.25, -0.2) is 23.5 Å². The summed E-state index contributed by atoms with van der Waals surface area (Å²) in [5.41, 5.74) is 1.28. The number of fused-ring (bicyclic) bond motifs is 2. The van der Waals surface area contributed by atoms with Crippen LogP contribution in [0.5, 0.6) is 0 Å². The predicted molar refractivity (Wildman–Crippen MR) is 131 cm³/mol. The Hall–Kier alpha value is -1.78. The molecule has 2 fully saturated rings. The van der Waals surface area contributed by atoms with Gasteiger partial charge in [-0.3, -0.25) is 0 Å². The van der Waals surface area contributed by atoms with E-state index in [1.165, 1.54) is 12.0 Å². The number of nitrogens with zero attached hydrogens (tertiary/aromatic N) is 3. The van der Waals surface area contributed by atoms with Crippen LogP contribution in [0.3, 0.4) is 0 Å². The molecule has 1 aromatic rings. The average Bonchev–Trinajstić information content (AvgIpc) is 3.11. The molecule has 0 radical (unpaired) electrons. The fourth-order valence-electron chi connectivity index (χ4n) is 8.97. The van der Waals surface area contributed by atoms with E-state index in [1.54, 1.807) is 4.57 Å². The second-order valence-electron chi connectivity index (χ2n) is 14.6. The summed E-state index contributed by atoms with van der Waals surface area (Å²) in [7, 11) is 0. The molecule has 1 aromatic heterocycles. The van der Waals surface area contributed by atoms with Crippen LogP contribution in [0.1, 0.15) is 99.7 Å². The summed E-state index contributed by atoms with van der Waals surface area (Å²) in [6, 6.07) is -0.205. The van der Waals surface area contributed by atoms with Crippen molar-refractivity contribution in [3.63, 3.8) is 0 Å². The van der Waals surface area contributed by atoms with Crippen molar-refractivity contribution >= 4 is 0 Å². The molecule has 3 heterocycles. The first kappa shape index (κ1) is 21.7. The van der Waals surface area contributed by atoms with Crippen molar-refractivity contribution in [3.05, 3.63) is 44.8 Å². The van der Waals surface area contributed by atoms with Gasteiger partial charge in [-0.2, -0.15) is 0 Å². The molecule has 6 aliphatic rings. The van der Waals surface area contributed by atoms with Crippen molar-refractivity contribution in [2.75, 3.05) is 0 Å². The maximum Gasteiger partial charge on any atom is 0.348 e. The predicted octanol–water partition coefficient (Wildman–Crippen LogP) is 5.50. The maximum atomic E-state index is 14.1. The van der Waals surface area contributed by atoms with Crippen molar-refractivity contribution in [1.82, 2.24) is 13.9 Å². The van der Waals surface area contributed by atoms with Crippen LogP contribution in [0.2, 0.25) is 0 Å². The van der Waals surface area contributed by atoms with Crippen LogP contribution in [-0.2, 0) is 0 Å². The van der Waals surface area contributed by atoms with Gasteiger partial charge < -0.3 is 0 Å². The Morgan fingerprint density at radius 2 is 1.58 bits per heavy atom. The van der Waals surface area contributed by atoms with Gasteiger partial charge in [-0.05, 0) is 46.8 Å². The third-order valence-electron chi connectivity index (χ3n) is 11.4. The van der Waals surface area contributed by atoms with E-state index < -0.39 is 0 Å². The Morgan fingerprint density at radius 3 is 2.09 bits per heavy atom. The molecule has 7 rings (SSSR count). The molecule has 4 aliphatic carbocycles. The molecule has 2 saturated carbocycles. The fraction of sp³-hybridized carbons (Fsp3) is 0.786. The van der Waals surface area contributed by atoms with Gasteiger partial charge >= 0.3 is 11.4 Å². The van der Waals surface area contributed by atoms with Crippen molar-refractivity contribution < 1.29 is 0 Å². The summed E-state index contributed by atoms with van der Waals surface area (Å²) in [6.07, 6.45) is 10.2. The van der Waals surface area contributed by atoms with E-state index in [2.05, 4.69) is 80.5 Å². The molecular weight excluding hydrogens is 410 g/mol. The fourth-order valence-corrected chi connectivity index (χ4v) is 8.97. The largest absolute Gasteiger partial charge is 0.348 e. The molecule has 0 N–H and O–H groups in total. The molecule has 0 spiro atoms. The van der Waals surface area contributed by atoms with Gasteiger partial charge in [0.15, 0.2) is 0 Å². The number of hydrogen-bond donors (Lipinski definition) is 0. The minimum Gasteiger partial charge on any atom is -0.246 e. The van der Waals surface area contributed by atoms with Gasteiger partial charge in [0, 0.05) is 17.4 Å². The smallest absolute Gasteiger partial charge is 0.246 e. The number of hydrogen-bond acceptors (Lipinski definition) is 2. The van der Waals surface area contributed by atoms with Crippen molar-refractivity contribution in [1.29, 1.82) is 0 Å². The van der Waals surface area contributed by atoms with Crippen LogP contribution in [0.25, 0.3) is 0 Å². The lowest BCUT2D eigenvalue weighted by Gasteiger charge is -2.66. The quantitative estimate of drug-likeness (QED) is 0.530. The van der Waals surface area contributed by atoms with E-state index >= 15 is 0 Å². The minimum absolute atomic E-state index is 0.00506. The first-order valence-corrected chi connectivity index (χ1v) is 13.0. The SMILES string of the molecule is CC(C)(C)C1=C[C@]2(C(C)(C)C)[C@@H]1[C@H]1C=C[C@H]2n2c(=O)n([C@H]3C[C@H]4CC[C@@]3(C)C4(C)C)c(=O)n21. The van der Waals surface area contributed by atoms with Gasteiger partial charge in [0.2, 0.25) is 0 Å². The topological polar surface area (TPSA) is 48.9 Å². The molecule has 7 atom stereocenters. The monoisotopic (exact) mass is 451 g/mol. The Bertz CT molecular complexity index is 1240. The van der Waals surface area contributed by atoms with Crippen LogP contribution in [0.4, 0.5) is 0 Å². The summed E-state index contributed by atoms with van der Waals surface area (Å²) < 4.78 is 5.39. The molecule has 0 aromatic carbocycles. The van der Waals surface area contributed by atoms with Crippen LogP contribution < -0.4 is 11.4 Å². The van der Waals surface area contributed by atoms with Crippen molar-refractivity contribution in [3.8, 4) is 0 Å². The van der Waals surface area contributed by atoms with Crippen LogP contribution >= 0.6 is 0 Å². The van der Waals surface area contributed by atoms with Crippen LogP contribution in [-0.4, -0.2) is 13.9 Å². The standard InChI is InChI=1S/C28H41N3O2/c1-24(2,3)17-15-28(25(4,5)6)19-11-10-18(21(17)28)30-22(32)29(23(33)31(19)30)20-14-16-12-13-27(20,9)26(16,7)8/h10-11,15-16,18-21H,12-14H2,1-9H3/t16-,18-,19-,20+,21+,27-,28-/m1/s1. The van der Waals surface area contributed by atoms with Gasteiger partial charge in [0.25, 0.3) is 0 Å². The van der Waals surface area contributed by atoms with E-state index in [-0.39, 0.29) is 62.5 Å². The third kappa shape index (κ3) is 2.13. The maximum absolute atomic E-state index is 14.1. The average molecular weight is 452 g/mol. The summed E-state index contributed by atoms with van der Waals surface area (Å²) in [4.78, 5) is 28.2. The highest BCUT2D eigenvalue weighted by Crippen LogP contribution is 2.72. The molecule has 33 heavy (non-hydrogen) atoms. The Balaban J connectivity index is 1.57. The first-order valence-electron chi connectivity index (χ1n) is 13.0. The lowest BCUT2D eigenvalue weighted by molar-refractivity contribution is -0.0653. The van der Waals surface area contributed by atoms with E-state index in [4.69, 9.17) is 0 Å². The number of rotatable bonds is 1. The van der Waals surface area contributed by atoms with Crippen molar-refractivity contribution in [2.24, 2.45) is 38.9 Å². The zero-order valence-electron chi connectivity index (χ0n) is 21.9. The molecule has 0 unspecified atom stereocenters. The first-order chi connectivity index (χ1) is 15.1. The Labute approximate surface area is 197 Å². The highest BCUT2D eigenvalue weighted by Gasteiger charge is 2.68. The second-order valence-corrected chi connectivity index (χ2v) is 14.6. The van der Waals surface area contributed by atoms with Crippen LogP contribution in [0.15, 0.2) is 33.4 Å². The molecule has 4 bridgehead atoms. The summed E-state index contributed by atoms with van der Waals surface area (Å²) in [5, 5.41) is 0. The second kappa shape index (κ2) is 5.71. The zero-order chi connectivity index (χ0) is 24.1. The van der Waals surface area contributed by atoms with Gasteiger partial charge in [0.1, 0.15) is 0 Å². The van der Waals surface area contributed by atoms with Gasteiger partial charge in [-0.15, -0.1) is 0 Å². The molecule has 5 heteroatoms. The highest BCUT2D eigenvalue weighted by molar-refractivity contribution is 5.44.